The van der Waals surface area contributed by atoms with Crippen molar-refractivity contribution in [3.8, 4) is 0 Å². The standard InChI is InChI=1S/C19H23FN2O2S/c1-15-11-16(2)13-17(12-15)14-21-7-9-22(10-8-21)25(23,24)19-5-3-18(20)4-6-19/h3-6,11-13H,7-10,14H2,1-2H3/p+1. The summed E-state index contributed by atoms with van der Waals surface area (Å²) in [5, 5.41) is 0. The molecular formula is C19H24FN2O2S+. The second-order valence-electron chi connectivity index (χ2n) is 6.78. The Hall–Kier alpha value is -1.76. The Morgan fingerprint density at radius 3 is 2.12 bits per heavy atom. The molecule has 4 nitrogen and oxygen atoms in total. The summed E-state index contributed by atoms with van der Waals surface area (Å²) in [6, 6.07) is 11.6. The van der Waals surface area contributed by atoms with Gasteiger partial charge in [-0.3, -0.25) is 0 Å². The Bertz CT molecular complexity index is 822. The lowest BCUT2D eigenvalue weighted by Crippen LogP contribution is -3.13. The minimum absolute atomic E-state index is 0.159. The fourth-order valence-corrected chi connectivity index (χ4v) is 4.88. The summed E-state index contributed by atoms with van der Waals surface area (Å²) in [6.07, 6.45) is 0. The van der Waals surface area contributed by atoms with E-state index < -0.39 is 15.8 Å². The molecule has 0 unspecified atom stereocenters. The van der Waals surface area contributed by atoms with Crippen LogP contribution >= 0.6 is 0 Å². The van der Waals surface area contributed by atoms with Gasteiger partial charge in [-0.2, -0.15) is 4.31 Å². The molecule has 0 spiro atoms. The molecule has 0 radical (unpaired) electrons. The summed E-state index contributed by atoms with van der Waals surface area (Å²) < 4.78 is 39.8. The molecule has 25 heavy (non-hydrogen) atoms. The van der Waals surface area contributed by atoms with Crippen LogP contribution in [0.3, 0.4) is 0 Å². The van der Waals surface area contributed by atoms with Gasteiger partial charge in [0.25, 0.3) is 0 Å². The maximum absolute atomic E-state index is 13.0. The van der Waals surface area contributed by atoms with Crippen LogP contribution in [0.5, 0.6) is 0 Å². The number of nitrogens with zero attached hydrogens (tertiary/aromatic N) is 1. The van der Waals surface area contributed by atoms with Gasteiger partial charge in [-0.05, 0) is 38.1 Å². The van der Waals surface area contributed by atoms with Crippen molar-refractivity contribution in [3.05, 3.63) is 65.0 Å². The maximum Gasteiger partial charge on any atom is 0.243 e. The molecule has 0 saturated carbocycles. The first-order chi connectivity index (χ1) is 11.8. The fourth-order valence-electron chi connectivity index (χ4n) is 3.43. The minimum atomic E-state index is -3.54. The van der Waals surface area contributed by atoms with Crippen molar-refractivity contribution in [2.45, 2.75) is 25.3 Å². The van der Waals surface area contributed by atoms with Crippen LogP contribution in [0.15, 0.2) is 47.4 Å². The Kier molecular flexibility index (Phi) is 5.22. The lowest BCUT2D eigenvalue weighted by atomic mass is 10.1. The van der Waals surface area contributed by atoms with E-state index in [9.17, 15) is 12.8 Å². The van der Waals surface area contributed by atoms with Crippen LogP contribution in [0.25, 0.3) is 0 Å². The third kappa shape index (κ3) is 4.26. The maximum atomic E-state index is 13.0. The molecule has 2 aromatic rings. The van der Waals surface area contributed by atoms with Gasteiger partial charge in [0.1, 0.15) is 12.4 Å². The van der Waals surface area contributed by atoms with Crippen LogP contribution in [0, 0.1) is 19.7 Å². The van der Waals surface area contributed by atoms with Gasteiger partial charge in [0.15, 0.2) is 0 Å². The Balaban J connectivity index is 1.64. The van der Waals surface area contributed by atoms with Crippen LogP contribution in [0.1, 0.15) is 16.7 Å². The van der Waals surface area contributed by atoms with Crippen molar-refractivity contribution in [3.63, 3.8) is 0 Å². The van der Waals surface area contributed by atoms with E-state index in [4.69, 9.17) is 0 Å². The first-order valence-corrected chi connectivity index (χ1v) is 9.95. The fraction of sp³-hybridized carbons (Fsp3) is 0.368. The zero-order valence-corrected chi connectivity index (χ0v) is 15.4. The topological polar surface area (TPSA) is 41.8 Å². The molecular weight excluding hydrogens is 339 g/mol. The molecule has 0 bridgehead atoms. The summed E-state index contributed by atoms with van der Waals surface area (Å²) in [5.41, 5.74) is 3.81. The van der Waals surface area contributed by atoms with E-state index in [0.29, 0.717) is 13.1 Å². The van der Waals surface area contributed by atoms with Crippen LogP contribution in [0.4, 0.5) is 4.39 Å². The molecule has 2 aromatic carbocycles. The summed E-state index contributed by atoms with van der Waals surface area (Å²) in [5.74, 6) is -0.429. The first kappa shape index (κ1) is 18.0. The Labute approximate surface area is 148 Å². The average Bonchev–Trinajstić information content (AvgIpc) is 2.55. The largest absolute Gasteiger partial charge is 0.329 e. The van der Waals surface area contributed by atoms with E-state index in [-0.39, 0.29) is 4.90 Å². The highest BCUT2D eigenvalue weighted by molar-refractivity contribution is 7.89. The third-order valence-electron chi connectivity index (χ3n) is 4.62. The molecule has 1 saturated heterocycles. The number of piperazine rings is 1. The summed E-state index contributed by atoms with van der Waals surface area (Å²) in [7, 11) is -3.54. The van der Waals surface area contributed by atoms with Gasteiger partial charge in [0, 0.05) is 5.56 Å². The van der Waals surface area contributed by atoms with E-state index in [1.54, 1.807) is 0 Å². The number of sulfonamides is 1. The minimum Gasteiger partial charge on any atom is -0.329 e. The predicted molar refractivity (Wildman–Crippen MR) is 95.5 cm³/mol. The van der Waals surface area contributed by atoms with Crippen LogP contribution in [-0.2, 0) is 16.6 Å². The third-order valence-corrected chi connectivity index (χ3v) is 6.53. The molecule has 1 aliphatic rings. The second kappa shape index (κ2) is 7.23. The molecule has 1 heterocycles. The zero-order chi connectivity index (χ0) is 18.0. The SMILES string of the molecule is Cc1cc(C)cc(C[NH+]2CCN(S(=O)(=O)c3ccc(F)cc3)CC2)c1. The van der Waals surface area contributed by atoms with Crippen molar-refractivity contribution in [2.75, 3.05) is 26.2 Å². The molecule has 1 N–H and O–H groups in total. The number of quaternary nitrogens is 1. The quantitative estimate of drug-likeness (QED) is 0.895. The van der Waals surface area contributed by atoms with Crippen LogP contribution < -0.4 is 4.90 Å². The molecule has 1 fully saturated rings. The van der Waals surface area contributed by atoms with Gasteiger partial charge in [-0.25, -0.2) is 12.8 Å². The number of benzene rings is 2. The summed E-state index contributed by atoms with van der Waals surface area (Å²) in [4.78, 5) is 1.54. The average molecular weight is 363 g/mol. The van der Waals surface area contributed by atoms with Gasteiger partial charge < -0.3 is 4.90 Å². The molecule has 134 valence electrons. The van der Waals surface area contributed by atoms with Crippen LogP contribution in [-0.4, -0.2) is 38.9 Å². The zero-order valence-electron chi connectivity index (χ0n) is 14.6. The van der Waals surface area contributed by atoms with Gasteiger partial charge in [0.05, 0.1) is 31.1 Å². The number of rotatable bonds is 4. The second-order valence-corrected chi connectivity index (χ2v) is 8.72. The molecule has 1 aliphatic heterocycles. The highest BCUT2D eigenvalue weighted by atomic mass is 32.2. The normalized spacial score (nSPS) is 16.9. The predicted octanol–water partition coefficient (Wildman–Crippen LogP) is 1.53. The van der Waals surface area contributed by atoms with Crippen molar-refractivity contribution in [1.29, 1.82) is 0 Å². The Morgan fingerprint density at radius 1 is 1.00 bits per heavy atom. The summed E-state index contributed by atoms with van der Waals surface area (Å²) in [6.45, 7) is 7.62. The Morgan fingerprint density at radius 2 is 1.56 bits per heavy atom. The monoisotopic (exact) mass is 363 g/mol. The lowest BCUT2D eigenvalue weighted by molar-refractivity contribution is -0.917. The molecule has 0 aromatic heterocycles. The van der Waals surface area contributed by atoms with E-state index in [1.807, 2.05) is 0 Å². The summed E-state index contributed by atoms with van der Waals surface area (Å²) >= 11 is 0. The smallest absolute Gasteiger partial charge is 0.243 e. The molecule has 6 heteroatoms. The number of hydrogen-bond donors (Lipinski definition) is 1. The van der Waals surface area contributed by atoms with E-state index in [0.717, 1.165) is 19.6 Å². The van der Waals surface area contributed by atoms with Gasteiger partial charge in [0.2, 0.25) is 10.0 Å². The van der Waals surface area contributed by atoms with Crippen molar-refractivity contribution in [1.82, 2.24) is 4.31 Å². The highest BCUT2D eigenvalue weighted by Crippen LogP contribution is 2.16. The number of halogens is 1. The molecule has 3 rings (SSSR count). The van der Waals surface area contributed by atoms with Crippen molar-refractivity contribution >= 4 is 10.0 Å². The number of hydrogen-bond acceptors (Lipinski definition) is 2. The first-order valence-electron chi connectivity index (χ1n) is 8.51. The van der Waals surface area contributed by atoms with Gasteiger partial charge in [-0.15, -0.1) is 0 Å². The molecule has 0 amide bonds. The van der Waals surface area contributed by atoms with Crippen LogP contribution in [0.2, 0.25) is 0 Å². The molecule has 0 atom stereocenters. The lowest BCUT2D eigenvalue weighted by Gasteiger charge is -2.31. The van der Waals surface area contributed by atoms with E-state index in [1.165, 1.54) is 50.2 Å². The van der Waals surface area contributed by atoms with Crippen molar-refractivity contribution in [2.24, 2.45) is 0 Å². The van der Waals surface area contributed by atoms with E-state index in [2.05, 4.69) is 32.0 Å². The molecule has 0 aliphatic carbocycles. The van der Waals surface area contributed by atoms with Crippen molar-refractivity contribution < 1.29 is 17.7 Å². The van der Waals surface area contributed by atoms with E-state index >= 15 is 0 Å². The van der Waals surface area contributed by atoms with Gasteiger partial charge >= 0.3 is 0 Å². The number of aryl methyl sites for hydroxylation is 2. The van der Waals surface area contributed by atoms with Gasteiger partial charge in [-0.1, -0.05) is 29.3 Å². The number of nitrogens with one attached hydrogen (secondary N) is 1. The highest BCUT2D eigenvalue weighted by Gasteiger charge is 2.30.